The van der Waals surface area contributed by atoms with Crippen molar-refractivity contribution >= 4 is 21.6 Å². The molecule has 0 unspecified atom stereocenters. The Bertz CT molecular complexity index is 742. The summed E-state index contributed by atoms with van der Waals surface area (Å²) in [6.45, 7) is 4.72. The van der Waals surface area contributed by atoms with Gasteiger partial charge in [0, 0.05) is 36.3 Å². The lowest BCUT2D eigenvalue weighted by atomic mass is 9.95. The summed E-state index contributed by atoms with van der Waals surface area (Å²) in [5, 5.41) is 0. The first-order valence-corrected chi connectivity index (χ1v) is 9.93. The number of nitrogens with zero attached hydrogens (tertiary/aromatic N) is 2. The molecule has 1 aromatic carbocycles. The van der Waals surface area contributed by atoms with E-state index in [4.69, 9.17) is 6.42 Å². The number of carbonyl (C=O) groups is 1. The molecule has 1 heterocycles. The molecule has 0 N–H and O–H groups in total. The normalized spacial score (nSPS) is 16.8. The van der Waals surface area contributed by atoms with Gasteiger partial charge in [0.2, 0.25) is 15.9 Å². The van der Waals surface area contributed by atoms with Crippen molar-refractivity contribution in [2.24, 2.45) is 5.92 Å². The molecule has 1 amide bonds. The van der Waals surface area contributed by atoms with Crippen LogP contribution in [-0.2, 0) is 14.8 Å². The Morgan fingerprint density at radius 2 is 1.96 bits per heavy atom. The third-order valence-corrected chi connectivity index (χ3v) is 5.62. The number of carbonyl (C=O) groups excluding carboxylic acids is 1. The van der Waals surface area contributed by atoms with E-state index in [0.29, 0.717) is 25.9 Å². The van der Waals surface area contributed by atoms with Crippen LogP contribution in [0.2, 0.25) is 0 Å². The molecule has 1 aliphatic heterocycles. The van der Waals surface area contributed by atoms with Crippen LogP contribution in [0.1, 0.15) is 32.3 Å². The smallest absolute Gasteiger partial charge is 0.230 e. The van der Waals surface area contributed by atoms with E-state index in [9.17, 15) is 13.2 Å². The predicted molar refractivity (Wildman–Crippen MR) is 96.1 cm³/mol. The van der Waals surface area contributed by atoms with Gasteiger partial charge in [-0.05, 0) is 44.9 Å². The maximum atomic E-state index is 13.0. The van der Waals surface area contributed by atoms with Crippen LogP contribution < -0.4 is 4.90 Å². The van der Waals surface area contributed by atoms with Gasteiger partial charge in [0.1, 0.15) is 0 Å². The summed E-state index contributed by atoms with van der Waals surface area (Å²) in [6.07, 6.45) is 7.75. The van der Waals surface area contributed by atoms with Crippen LogP contribution in [0.5, 0.6) is 0 Å². The van der Waals surface area contributed by atoms with Crippen molar-refractivity contribution in [1.82, 2.24) is 4.31 Å². The highest BCUT2D eigenvalue weighted by atomic mass is 32.2. The van der Waals surface area contributed by atoms with Gasteiger partial charge in [0.05, 0.1) is 6.26 Å². The van der Waals surface area contributed by atoms with Crippen molar-refractivity contribution < 1.29 is 13.2 Å². The lowest BCUT2D eigenvalue weighted by molar-refractivity contribution is -0.123. The number of hydrogen-bond acceptors (Lipinski definition) is 3. The van der Waals surface area contributed by atoms with Gasteiger partial charge in [-0.25, -0.2) is 12.7 Å². The molecule has 1 fully saturated rings. The summed E-state index contributed by atoms with van der Waals surface area (Å²) in [4.78, 5) is 14.8. The molecule has 0 atom stereocenters. The van der Waals surface area contributed by atoms with Crippen molar-refractivity contribution in [3.05, 3.63) is 29.8 Å². The zero-order chi connectivity index (χ0) is 17.9. The second-order valence-corrected chi connectivity index (χ2v) is 8.42. The molecule has 5 nitrogen and oxygen atoms in total. The van der Waals surface area contributed by atoms with Crippen LogP contribution in [0.3, 0.4) is 0 Å². The monoisotopic (exact) mass is 348 g/mol. The Labute approximate surface area is 144 Å². The molecule has 24 heavy (non-hydrogen) atoms. The zero-order valence-electron chi connectivity index (χ0n) is 14.4. The minimum Gasteiger partial charge on any atom is -0.310 e. The Kier molecular flexibility index (Phi) is 5.68. The first-order valence-electron chi connectivity index (χ1n) is 8.09. The van der Waals surface area contributed by atoms with E-state index in [0.717, 1.165) is 11.3 Å². The summed E-state index contributed by atoms with van der Waals surface area (Å²) in [6, 6.07) is 7.39. The van der Waals surface area contributed by atoms with Gasteiger partial charge in [-0.15, -0.1) is 6.42 Å². The molecule has 0 bridgehead atoms. The number of hydrogen-bond donors (Lipinski definition) is 0. The number of benzene rings is 1. The average Bonchev–Trinajstić information content (AvgIpc) is 2.54. The van der Waals surface area contributed by atoms with Gasteiger partial charge in [0.15, 0.2) is 0 Å². The van der Waals surface area contributed by atoms with E-state index in [-0.39, 0.29) is 17.9 Å². The largest absolute Gasteiger partial charge is 0.310 e. The van der Waals surface area contributed by atoms with Crippen molar-refractivity contribution in [3.8, 4) is 12.3 Å². The fraction of sp³-hybridized carbons (Fsp3) is 0.500. The molecule has 2 rings (SSSR count). The van der Waals surface area contributed by atoms with E-state index in [2.05, 4.69) is 5.92 Å². The first kappa shape index (κ1) is 18.5. The Balaban J connectivity index is 2.18. The van der Waals surface area contributed by atoms with E-state index < -0.39 is 10.0 Å². The van der Waals surface area contributed by atoms with E-state index in [1.165, 1.54) is 10.6 Å². The maximum absolute atomic E-state index is 13.0. The highest BCUT2D eigenvalue weighted by Crippen LogP contribution is 2.26. The molecule has 0 radical (unpaired) electrons. The first-order chi connectivity index (χ1) is 11.2. The van der Waals surface area contributed by atoms with Gasteiger partial charge in [-0.1, -0.05) is 12.0 Å². The molecule has 1 saturated heterocycles. The fourth-order valence-electron chi connectivity index (χ4n) is 3.06. The molecular weight excluding hydrogens is 324 g/mol. The van der Waals surface area contributed by atoms with Crippen LogP contribution in [0.4, 0.5) is 5.69 Å². The summed E-state index contributed by atoms with van der Waals surface area (Å²) < 4.78 is 24.7. The molecule has 0 aliphatic carbocycles. The number of rotatable bonds is 4. The number of amides is 1. The molecule has 0 aromatic heterocycles. The predicted octanol–water partition coefficient (Wildman–Crippen LogP) is 2.08. The van der Waals surface area contributed by atoms with Gasteiger partial charge >= 0.3 is 0 Å². The molecule has 1 aromatic rings. The van der Waals surface area contributed by atoms with Crippen molar-refractivity contribution in [2.45, 2.75) is 32.7 Å². The van der Waals surface area contributed by atoms with Gasteiger partial charge < -0.3 is 4.90 Å². The minimum absolute atomic E-state index is 0.00142. The van der Waals surface area contributed by atoms with E-state index in [1.54, 1.807) is 4.90 Å². The van der Waals surface area contributed by atoms with Crippen LogP contribution in [0.25, 0.3) is 0 Å². The highest BCUT2D eigenvalue weighted by molar-refractivity contribution is 7.88. The Hall–Kier alpha value is -1.84. The number of piperidine rings is 1. The van der Waals surface area contributed by atoms with E-state index >= 15 is 0 Å². The van der Waals surface area contributed by atoms with E-state index in [1.807, 2.05) is 38.1 Å². The average molecular weight is 348 g/mol. The lowest BCUT2D eigenvalue weighted by Crippen LogP contribution is -2.46. The van der Waals surface area contributed by atoms with Gasteiger partial charge in [0.25, 0.3) is 0 Å². The third kappa shape index (κ3) is 4.16. The third-order valence-electron chi connectivity index (χ3n) is 4.32. The quantitative estimate of drug-likeness (QED) is 0.783. The van der Waals surface area contributed by atoms with Crippen molar-refractivity contribution in [1.29, 1.82) is 0 Å². The molecular formula is C18H24N2O3S. The second kappa shape index (κ2) is 7.37. The topological polar surface area (TPSA) is 57.7 Å². The summed E-state index contributed by atoms with van der Waals surface area (Å²) >= 11 is 0. The van der Waals surface area contributed by atoms with Gasteiger partial charge in [-0.3, -0.25) is 4.79 Å². The SMILES string of the molecule is C#Cc1cccc(N(C(=O)C2CCN(S(C)(=O)=O)CC2)C(C)C)c1. The molecule has 0 spiro atoms. The summed E-state index contributed by atoms with van der Waals surface area (Å²) in [5.74, 6) is 2.46. The summed E-state index contributed by atoms with van der Waals surface area (Å²) in [7, 11) is -3.19. The second-order valence-electron chi connectivity index (χ2n) is 6.43. The van der Waals surface area contributed by atoms with Crippen LogP contribution >= 0.6 is 0 Å². The van der Waals surface area contributed by atoms with Crippen LogP contribution in [0, 0.1) is 18.3 Å². The maximum Gasteiger partial charge on any atom is 0.230 e. The Morgan fingerprint density at radius 3 is 2.46 bits per heavy atom. The van der Waals surface area contributed by atoms with Crippen LogP contribution in [-0.4, -0.2) is 44.0 Å². The fourth-order valence-corrected chi connectivity index (χ4v) is 3.93. The minimum atomic E-state index is -3.19. The summed E-state index contributed by atoms with van der Waals surface area (Å²) in [5.41, 5.74) is 1.52. The molecule has 6 heteroatoms. The van der Waals surface area contributed by atoms with Crippen LogP contribution in [0.15, 0.2) is 24.3 Å². The molecule has 1 aliphatic rings. The standard InChI is InChI=1S/C18H24N2O3S/c1-5-15-7-6-8-17(13-15)20(14(2)3)18(21)16-9-11-19(12-10-16)24(4,22)23/h1,6-8,13-14,16H,9-12H2,2-4H3. The molecule has 0 saturated carbocycles. The number of terminal acetylenes is 1. The lowest BCUT2D eigenvalue weighted by Gasteiger charge is -2.35. The van der Waals surface area contributed by atoms with Crippen molar-refractivity contribution in [2.75, 3.05) is 24.2 Å². The Morgan fingerprint density at radius 1 is 1.33 bits per heavy atom. The highest BCUT2D eigenvalue weighted by Gasteiger charge is 2.32. The molecule has 130 valence electrons. The zero-order valence-corrected chi connectivity index (χ0v) is 15.2. The number of anilines is 1. The van der Waals surface area contributed by atoms with Crippen molar-refractivity contribution in [3.63, 3.8) is 0 Å². The van der Waals surface area contributed by atoms with Gasteiger partial charge in [-0.2, -0.15) is 0 Å². The number of sulfonamides is 1.